The number of amides is 5. The number of rotatable bonds is 9. The molecular formula is C32H24ClN3O6. The lowest BCUT2D eigenvalue weighted by Gasteiger charge is -2.26. The number of nitrogens with zero attached hydrogens (tertiary/aromatic N) is 1. The summed E-state index contributed by atoms with van der Waals surface area (Å²) in [4.78, 5) is 52.0. The van der Waals surface area contributed by atoms with E-state index in [1.165, 1.54) is 6.08 Å². The highest BCUT2D eigenvalue weighted by molar-refractivity contribution is 6.39. The first kappa shape index (κ1) is 28.1. The Labute approximate surface area is 246 Å². The highest BCUT2D eigenvalue weighted by Gasteiger charge is 2.37. The van der Waals surface area contributed by atoms with E-state index >= 15 is 0 Å². The van der Waals surface area contributed by atoms with Crippen LogP contribution in [0.3, 0.4) is 0 Å². The van der Waals surface area contributed by atoms with Gasteiger partial charge in [0.25, 0.3) is 17.7 Å². The number of anilines is 2. The molecule has 0 radical (unpaired) electrons. The molecule has 9 nitrogen and oxygen atoms in total. The van der Waals surface area contributed by atoms with Crippen molar-refractivity contribution in [2.24, 2.45) is 0 Å². The van der Waals surface area contributed by atoms with Gasteiger partial charge in [0.05, 0.1) is 5.69 Å². The number of carbonyl (C=O) groups excluding carboxylic acids is 4. The number of halogens is 1. The molecule has 210 valence electrons. The van der Waals surface area contributed by atoms with Crippen molar-refractivity contribution in [3.8, 4) is 11.5 Å². The Bertz CT molecular complexity index is 1650. The van der Waals surface area contributed by atoms with Crippen molar-refractivity contribution in [3.05, 3.63) is 125 Å². The molecule has 1 saturated heterocycles. The van der Waals surface area contributed by atoms with Crippen molar-refractivity contribution in [3.63, 3.8) is 0 Å². The Balaban J connectivity index is 1.29. The van der Waals surface area contributed by atoms with Crippen molar-refractivity contribution in [1.82, 2.24) is 5.32 Å². The number of carbonyl (C=O) groups is 4. The lowest BCUT2D eigenvalue weighted by molar-refractivity contribution is -0.122. The smallest absolute Gasteiger partial charge is 0.335 e. The van der Waals surface area contributed by atoms with Gasteiger partial charge in [-0.3, -0.25) is 19.7 Å². The highest BCUT2D eigenvalue weighted by Crippen LogP contribution is 2.27. The number of imide groups is 2. The number of urea groups is 1. The van der Waals surface area contributed by atoms with Crippen LogP contribution in [0.5, 0.6) is 11.5 Å². The van der Waals surface area contributed by atoms with Gasteiger partial charge in [0, 0.05) is 16.3 Å². The zero-order valence-electron chi connectivity index (χ0n) is 22.1. The molecule has 1 heterocycles. The summed E-state index contributed by atoms with van der Waals surface area (Å²) in [5.74, 6) is -1.26. The lowest BCUT2D eigenvalue weighted by atomic mass is 10.1. The summed E-state index contributed by atoms with van der Waals surface area (Å²) in [6, 6.07) is 28.4. The molecule has 0 bridgehead atoms. The van der Waals surface area contributed by atoms with E-state index in [0.29, 0.717) is 28.6 Å². The van der Waals surface area contributed by atoms with Crippen LogP contribution in [0.25, 0.3) is 6.08 Å². The van der Waals surface area contributed by atoms with Gasteiger partial charge in [0.15, 0.2) is 6.61 Å². The molecule has 4 aromatic rings. The first-order valence-electron chi connectivity index (χ1n) is 12.8. The number of nitrogens with one attached hydrogen (secondary N) is 2. The van der Waals surface area contributed by atoms with Crippen LogP contribution in [0, 0.1) is 0 Å². The first-order valence-corrected chi connectivity index (χ1v) is 13.2. The Morgan fingerprint density at radius 3 is 2.26 bits per heavy atom. The van der Waals surface area contributed by atoms with Crippen LogP contribution in [-0.2, 0) is 21.0 Å². The molecule has 5 amide bonds. The van der Waals surface area contributed by atoms with E-state index in [1.54, 1.807) is 72.8 Å². The van der Waals surface area contributed by atoms with Crippen molar-refractivity contribution in [1.29, 1.82) is 0 Å². The molecule has 10 heteroatoms. The summed E-state index contributed by atoms with van der Waals surface area (Å²) in [5, 5.41) is 5.44. The van der Waals surface area contributed by atoms with E-state index in [4.69, 9.17) is 21.1 Å². The second-order valence-corrected chi connectivity index (χ2v) is 9.54. The molecule has 0 saturated carbocycles. The predicted octanol–water partition coefficient (Wildman–Crippen LogP) is 5.60. The third kappa shape index (κ3) is 6.83. The van der Waals surface area contributed by atoms with Gasteiger partial charge in [-0.05, 0) is 66.2 Å². The summed E-state index contributed by atoms with van der Waals surface area (Å²) in [6.45, 7) is 0.0290. The van der Waals surface area contributed by atoms with E-state index < -0.39 is 23.8 Å². The summed E-state index contributed by atoms with van der Waals surface area (Å²) in [7, 11) is 0. The van der Waals surface area contributed by atoms with Crippen molar-refractivity contribution >= 4 is 52.8 Å². The molecule has 4 aromatic carbocycles. The molecule has 1 fully saturated rings. The fourth-order valence-electron chi connectivity index (χ4n) is 4.08. The average Bonchev–Trinajstić information content (AvgIpc) is 3.00. The van der Waals surface area contributed by atoms with Crippen LogP contribution in [0.1, 0.15) is 11.1 Å². The SMILES string of the molecule is O=C(COc1ccccc1/C=C1\C(=O)NC(=O)N(c2ccc(OCc3ccccc3)cc2)C1=O)Nc1ccc(Cl)cc1. The molecule has 0 aromatic heterocycles. The molecule has 5 rings (SSSR count). The molecular weight excluding hydrogens is 558 g/mol. The first-order chi connectivity index (χ1) is 20.4. The van der Waals surface area contributed by atoms with E-state index in [0.717, 1.165) is 10.5 Å². The zero-order chi connectivity index (χ0) is 29.5. The number of benzene rings is 4. The van der Waals surface area contributed by atoms with Gasteiger partial charge < -0.3 is 14.8 Å². The van der Waals surface area contributed by atoms with Crippen molar-refractivity contribution < 1.29 is 28.7 Å². The van der Waals surface area contributed by atoms with Gasteiger partial charge in [0.1, 0.15) is 23.7 Å². The van der Waals surface area contributed by atoms with Gasteiger partial charge in [-0.1, -0.05) is 60.1 Å². The number of hydrogen-bond donors (Lipinski definition) is 2. The number of barbiturate groups is 1. The van der Waals surface area contributed by atoms with Crippen LogP contribution in [0.15, 0.2) is 109 Å². The Hall–Kier alpha value is -5.41. The second-order valence-electron chi connectivity index (χ2n) is 9.11. The molecule has 42 heavy (non-hydrogen) atoms. The number of hydrogen-bond acceptors (Lipinski definition) is 6. The van der Waals surface area contributed by atoms with E-state index in [-0.39, 0.29) is 23.6 Å². The van der Waals surface area contributed by atoms with Crippen LogP contribution >= 0.6 is 11.6 Å². The van der Waals surface area contributed by atoms with Gasteiger partial charge in [-0.2, -0.15) is 0 Å². The quantitative estimate of drug-likeness (QED) is 0.196. The maximum absolute atomic E-state index is 13.4. The average molecular weight is 582 g/mol. The third-order valence-electron chi connectivity index (χ3n) is 6.15. The Morgan fingerprint density at radius 1 is 0.833 bits per heavy atom. The third-order valence-corrected chi connectivity index (χ3v) is 6.40. The lowest BCUT2D eigenvalue weighted by Crippen LogP contribution is -2.54. The van der Waals surface area contributed by atoms with Crippen molar-refractivity contribution in [2.45, 2.75) is 6.61 Å². The zero-order valence-corrected chi connectivity index (χ0v) is 22.8. The van der Waals surface area contributed by atoms with Crippen molar-refractivity contribution in [2.75, 3.05) is 16.8 Å². The molecule has 0 unspecified atom stereocenters. The number of ether oxygens (including phenoxy) is 2. The van der Waals surface area contributed by atoms with E-state index in [1.807, 2.05) is 30.3 Å². The van der Waals surface area contributed by atoms with E-state index in [2.05, 4.69) is 10.6 Å². The fourth-order valence-corrected chi connectivity index (χ4v) is 4.21. The standard InChI is InChI=1S/C32H24ClN3O6/c33-23-10-12-24(13-11-23)34-29(37)20-42-28-9-5-4-8-22(28)18-27-30(38)35-32(40)36(31(27)39)25-14-16-26(17-15-25)41-19-21-6-2-1-3-7-21/h1-18H,19-20H2,(H,34,37)(H,35,38,40)/b27-18+. The summed E-state index contributed by atoms with van der Waals surface area (Å²) >= 11 is 5.87. The maximum Gasteiger partial charge on any atom is 0.335 e. The van der Waals surface area contributed by atoms with Gasteiger partial charge in [-0.15, -0.1) is 0 Å². The van der Waals surface area contributed by atoms with E-state index in [9.17, 15) is 19.2 Å². The van der Waals surface area contributed by atoms with Gasteiger partial charge in [-0.25, -0.2) is 9.69 Å². The van der Waals surface area contributed by atoms with Crippen LogP contribution < -0.4 is 25.0 Å². The summed E-state index contributed by atoms with van der Waals surface area (Å²) < 4.78 is 11.5. The fraction of sp³-hybridized carbons (Fsp3) is 0.0625. The predicted molar refractivity (Wildman–Crippen MR) is 158 cm³/mol. The summed E-state index contributed by atoms with van der Waals surface area (Å²) in [6.07, 6.45) is 1.32. The van der Waals surface area contributed by atoms with Crippen LogP contribution in [-0.4, -0.2) is 30.4 Å². The maximum atomic E-state index is 13.4. The normalized spacial score (nSPS) is 14.0. The Morgan fingerprint density at radius 2 is 1.52 bits per heavy atom. The molecule has 1 aliphatic heterocycles. The molecule has 2 N–H and O–H groups in total. The number of para-hydroxylation sites is 1. The largest absolute Gasteiger partial charge is 0.489 e. The summed E-state index contributed by atoms with van der Waals surface area (Å²) in [5.41, 5.74) is 1.89. The molecule has 0 spiro atoms. The van der Waals surface area contributed by atoms with Crippen LogP contribution in [0.2, 0.25) is 5.02 Å². The highest BCUT2D eigenvalue weighted by atomic mass is 35.5. The van der Waals surface area contributed by atoms with Gasteiger partial charge >= 0.3 is 6.03 Å². The molecule has 0 aliphatic carbocycles. The molecule has 1 aliphatic rings. The minimum absolute atomic E-state index is 0.256. The minimum Gasteiger partial charge on any atom is -0.489 e. The molecule has 0 atom stereocenters. The van der Waals surface area contributed by atoms with Crippen LogP contribution in [0.4, 0.5) is 16.2 Å². The Kier molecular flexibility index (Phi) is 8.60. The minimum atomic E-state index is -0.872. The topological polar surface area (TPSA) is 114 Å². The monoisotopic (exact) mass is 581 g/mol. The van der Waals surface area contributed by atoms with Gasteiger partial charge in [0.2, 0.25) is 0 Å². The second kappa shape index (κ2) is 12.8.